The van der Waals surface area contributed by atoms with Gasteiger partial charge in [-0.2, -0.15) is 35.1 Å². The SMILES string of the molecule is COC(=O)C(F)(F)C(F)(F)C(O)OC.COC(O)C(F)(F)C(F)(F)C(O)OC. The van der Waals surface area contributed by atoms with Gasteiger partial charge in [-0.3, -0.25) is 0 Å². The molecule has 28 heavy (non-hydrogen) atoms. The minimum atomic E-state index is -5.14. The van der Waals surface area contributed by atoms with Gasteiger partial charge in [0, 0.05) is 21.3 Å². The molecule has 16 heteroatoms. The van der Waals surface area contributed by atoms with Gasteiger partial charge in [-0.25, -0.2) is 4.79 Å². The van der Waals surface area contributed by atoms with Crippen LogP contribution in [0, 0.1) is 0 Å². The van der Waals surface area contributed by atoms with Crippen LogP contribution in [0.5, 0.6) is 0 Å². The summed E-state index contributed by atoms with van der Waals surface area (Å²) in [6, 6.07) is 0. The Morgan fingerprint density at radius 2 is 0.893 bits per heavy atom. The maximum absolute atomic E-state index is 12.7. The van der Waals surface area contributed by atoms with Crippen molar-refractivity contribution in [3.05, 3.63) is 0 Å². The number of carbonyl (C=O) groups is 1. The molecule has 0 fully saturated rings. The molecular weight excluding hydrogens is 424 g/mol. The van der Waals surface area contributed by atoms with Gasteiger partial charge < -0.3 is 34.3 Å². The Bertz CT molecular complexity index is 470. The van der Waals surface area contributed by atoms with Crippen molar-refractivity contribution < 1.29 is 74.2 Å². The van der Waals surface area contributed by atoms with Gasteiger partial charge in [-0.05, 0) is 0 Å². The number of hydrogen-bond acceptors (Lipinski definition) is 8. The number of aliphatic hydroxyl groups excluding tert-OH is 3. The van der Waals surface area contributed by atoms with E-state index >= 15 is 0 Å². The van der Waals surface area contributed by atoms with Gasteiger partial charge in [-0.15, -0.1) is 0 Å². The topological polar surface area (TPSA) is 115 Å². The third-order valence-corrected chi connectivity index (χ3v) is 2.91. The molecule has 0 aromatic carbocycles. The number of esters is 1. The lowest BCUT2D eigenvalue weighted by molar-refractivity contribution is -0.361. The van der Waals surface area contributed by atoms with Gasteiger partial charge in [-0.1, -0.05) is 0 Å². The average Bonchev–Trinajstić information content (AvgIpc) is 2.64. The molecule has 0 bridgehead atoms. The predicted octanol–water partition coefficient (Wildman–Crippen LogP) is 0.581. The molecule has 0 aromatic rings. The van der Waals surface area contributed by atoms with Gasteiger partial charge in [0.1, 0.15) is 0 Å². The van der Waals surface area contributed by atoms with Crippen molar-refractivity contribution in [1.82, 2.24) is 0 Å². The summed E-state index contributed by atoms with van der Waals surface area (Å²) in [4.78, 5) is 10.3. The van der Waals surface area contributed by atoms with Crippen molar-refractivity contribution in [2.75, 3.05) is 28.4 Å². The second-order valence-electron chi connectivity index (χ2n) is 4.70. The molecule has 0 aliphatic heterocycles. The van der Waals surface area contributed by atoms with Crippen LogP contribution in [0.25, 0.3) is 0 Å². The highest BCUT2D eigenvalue weighted by Gasteiger charge is 2.68. The van der Waals surface area contributed by atoms with E-state index in [1.165, 1.54) is 0 Å². The first-order chi connectivity index (χ1) is 12.4. The number of ether oxygens (including phenoxy) is 4. The Kier molecular flexibility index (Phi) is 10.8. The smallest absolute Gasteiger partial charge is 0.409 e. The Balaban J connectivity index is 0. The van der Waals surface area contributed by atoms with E-state index in [4.69, 9.17) is 15.3 Å². The zero-order chi connectivity index (χ0) is 23.1. The first-order valence-electron chi connectivity index (χ1n) is 6.65. The molecule has 0 heterocycles. The summed E-state index contributed by atoms with van der Waals surface area (Å²) < 4.78 is 115. The molecule has 0 saturated heterocycles. The summed E-state index contributed by atoms with van der Waals surface area (Å²) in [5, 5.41) is 25.3. The van der Waals surface area contributed by atoms with E-state index in [-0.39, 0.29) is 0 Å². The first-order valence-corrected chi connectivity index (χ1v) is 6.65. The zero-order valence-corrected chi connectivity index (χ0v) is 14.6. The van der Waals surface area contributed by atoms with E-state index in [1.807, 2.05) is 0 Å². The fraction of sp³-hybridized carbons (Fsp3) is 0.917. The number of rotatable bonds is 9. The second kappa shape index (κ2) is 10.4. The monoisotopic (exact) mass is 442 g/mol. The lowest BCUT2D eigenvalue weighted by Gasteiger charge is -2.31. The zero-order valence-electron chi connectivity index (χ0n) is 14.6. The van der Waals surface area contributed by atoms with Gasteiger partial charge in [0.05, 0.1) is 7.11 Å². The van der Waals surface area contributed by atoms with Gasteiger partial charge in [0.15, 0.2) is 0 Å². The van der Waals surface area contributed by atoms with E-state index in [2.05, 4.69) is 18.9 Å². The number of alkyl halides is 8. The van der Waals surface area contributed by atoms with Crippen LogP contribution >= 0.6 is 0 Å². The minimum Gasteiger partial charge on any atom is -0.464 e. The maximum Gasteiger partial charge on any atom is 0.409 e. The summed E-state index contributed by atoms with van der Waals surface area (Å²) in [5.74, 6) is -22.5. The third-order valence-electron chi connectivity index (χ3n) is 2.91. The number of halogens is 8. The van der Waals surface area contributed by atoms with Crippen molar-refractivity contribution in [3.63, 3.8) is 0 Å². The molecule has 0 saturated carbocycles. The van der Waals surface area contributed by atoms with Gasteiger partial charge >= 0.3 is 29.7 Å². The molecule has 3 atom stereocenters. The highest BCUT2D eigenvalue weighted by atomic mass is 19.3. The van der Waals surface area contributed by atoms with Gasteiger partial charge in [0.25, 0.3) is 0 Å². The first kappa shape index (κ1) is 28.9. The largest absolute Gasteiger partial charge is 0.464 e. The Morgan fingerprint density at radius 3 is 1.11 bits per heavy atom. The van der Waals surface area contributed by atoms with Crippen molar-refractivity contribution in [3.8, 4) is 0 Å². The molecule has 0 spiro atoms. The molecule has 0 radical (unpaired) electrons. The molecule has 0 amide bonds. The van der Waals surface area contributed by atoms with Crippen molar-refractivity contribution in [2.45, 2.75) is 42.6 Å². The van der Waals surface area contributed by atoms with Crippen molar-refractivity contribution >= 4 is 5.97 Å². The molecule has 170 valence electrons. The molecule has 0 aliphatic rings. The van der Waals surface area contributed by atoms with Crippen molar-refractivity contribution in [2.24, 2.45) is 0 Å². The van der Waals surface area contributed by atoms with Crippen LogP contribution in [0.1, 0.15) is 0 Å². The van der Waals surface area contributed by atoms with Gasteiger partial charge in [0.2, 0.25) is 18.9 Å². The van der Waals surface area contributed by atoms with E-state index in [0.29, 0.717) is 28.4 Å². The Morgan fingerprint density at radius 1 is 0.643 bits per heavy atom. The van der Waals surface area contributed by atoms with Crippen LogP contribution in [-0.4, -0.2) is 92.3 Å². The predicted molar refractivity (Wildman–Crippen MR) is 70.9 cm³/mol. The Labute approximate surface area is 152 Å². The van der Waals surface area contributed by atoms with Crippen LogP contribution in [0.4, 0.5) is 35.1 Å². The molecule has 0 rings (SSSR count). The lowest BCUT2D eigenvalue weighted by atomic mass is 10.1. The fourth-order valence-electron chi connectivity index (χ4n) is 1.19. The number of aliphatic hydroxyl groups is 3. The van der Waals surface area contributed by atoms with Crippen molar-refractivity contribution in [1.29, 1.82) is 0 Å². The van der Waals surface area contributed by atoms with E-state index in [0.717, 1.165) is 0 Å². The molecular formula is C12H18F8O8. The minimum absolute atomic E-state index is 0.519. The normalized spacial score (nSPS) is 16.5. The summed E-state index contributed by atoms with van der Waals surface area (Å²) >= 11 is 0. The number of carbonyl (C=O) groups excluding carboxylic acids is 1. The Hall–Kier alpha value is -1.33. The molecule has 3 unspecified atom stereocenters. The summed E-state index contributed by atoms with van der Waals surface area (Å²) in [6.07, 6.45) is -9.14. The fourth-order valence-corrected chi connectivity index (χ4v) is 1.19. The molecule has 0 aliphatic carbocycles. The highest BCUT2D eigenvalue weighted by molar-refractivity contribution is 5.78. The highest BCUT2D eigenvalue weighted by Crippen LogP contribution is 2.40. The standard InChI is InChI=1S/C6H10F4O4.C6H8F4O4/c2*1-13-3(11)5(7,8)6(9,10)4(12)14-2/h3-4,11-12H,1-2H3;3,11H,1-2H3. The quantitative estimate of drug-likeness (QED) is 0.270. The van der Waals surface area contributed by atoms with Crippen LogP contribution in [0.15, 0.2) is 0 Å². The third kappa shape index (κ3) is 5.84. The average molecular weight is 442 g/mol. The van der Waals surface area contributed by atoms with Crippen LogP contribution in [0.2, 0.25) is 0 Å². The maximum atomic E-state index is 12.7. The van der Waals surface area contributed by atoms with Crippen LogP contribution in [0.3, 0.4) is 0 Å². The van der Waals surface area contributed by atoms with Crippen LogP contribution < -0.4 is 0 Å². The molecule has 3 N–H and O–H groups in total. The summed E-state index contributed by atoms with van der Waals surface area (Å²) in [6.45, 7) is 0. The number of methoxy groups -OCH3 is 4. The van der Waals surface area contributed by atoms with E-state index in [1.54, 1.807) is 0 Å². The number of hydrogen-bond donors (Lipinski definition) is 3. The lowest BCUT2D eigenvalue weighted by Crippen LogP contribution is -2.57. The summed E-state index contributed by atoms with van der Waals surface area (Å²) in [5.41, 5.74) is 0. The van der Waals surface area contributed by atoms with Crippen LogP contribution in [-0.2, 0) is 23.7 Å². The molecule has 8 nitrogen and oxygen atoms in total. The summed E-state index contributed by atoms with van der Waals surface area (Å²) in [7, 11) is 2.35. The van der Waals surface area contributed by atoms with E-state index in [9.17, 15) is 39.9 Å². The molecule has 0 aromatic heterocycles. The van der Waals surface area contributed by atoms with E-state index < -0.39 is 48.5 Å². The second-order valence-corrected chi connectivity index (χ2v) is 4.70.